The van der Waals surface area contributed by atoms with E-state index in [9.17, 15) is 8.42 Å². The Morgan fingerprint density at radius 1 is 1.14 bits per heavy atom. The fourth-order valence-corrected chi connectivity index (χ4v) is 4.39. The molecule has 22 heavy (non-hydrogen) atoms. The molecule has 0 spiro atoms. The Bertz CT molecular complexity index is 732. The van der Waals surface area contributed by atoms with E-state index >= 15 is 0 Å². The predicted octanol–water partition coefficient (Wildman–Crippen LogP) is 2.79. The standard InChI is InChI=1S/C16H21N3O2S/c1-13-16(12-19(17-13)15-10-6-3-7-11-15)22(20,21)18-14-8-4-2-5-9-14/h3,6-7,10-12,14,18H,2,4-5,8-9H2,1H3. The molecule has 1 aliphatic rings. The molecule has 0 radical (unpaired) electrons. The molecule has 0 atom stereocenters. The van der Waals surface area contributed by atoms with Gasteiger partial charge in [-0.25, -0.2) is 17.8 Å². The molecule has 1 aliphatic carbocycles. The zero-order valence-electron chi connectivity index (χ0n) is 12.7. The zero-order chi connectivity index (χ0) is 15.6. The third-order valence-electron chi connectivity index (χ3n) is 4.09. The minimum absolute atomic E-state index is 0.0539. The maximum Gasteiger partial charge on any atom is 0.244 e. The lowest BCUT2D eigenvalue weighted by atomic mass is 9.96. The van der Waals surface area contributed by atoms with Crippen LogP contribution in [0.5, 0.6) is 0 Å². The summed E-state index contributed by atoms with van der Waals surface area (Å²) < 4.78 is 29.7. The van der Waals surface area contributed by atoms with Crippen molar-refractivity contribution >= 4 is 10.0 Å². The number of sulfonamides is 1. The molecule has 5 nitrogen and oxygen atoms in total. The second-order valence-electron chi connectivity index (χ2n) is 5.82. The highest BCUT2D eigenvalue weighted by molar-refractivity contribution is 7.89. The number of aryl methyl sites for hydroxylation is 1. The molecule has 0 saturated heterocycles. The van der Waals surface area contributed by atoms with Gasteiger partial charge in [0.05, 0.1) is 17.6 Å². The van der Waals surface area contributed by atoms with Crippen molar-refractivity contribution < 1.29 is 8.42 Å². The summed E-state index contributed by atoms with van der Waals surface area (Å²) in [5.74, 6) is 0. The first kappa shape index (κ1) is 15.2. The van der Waals surface area contributed by atoms with Gasteiger partial charge in [0.2, 0.25) is 10.0 Å². The average Bonchev–Trinajstić information content (AvgIpc) is 2.92. The summed E-state index contributed by atoms with van der Waals surface area (Å²) in [4.78, 5) is 0.266. The van der Waals surface area contributed by atoms with E-state index in [0.717, 1.165) is 31.4 Å². The highest BCUT2D eigenvalue weighted by Gasteiger charge is 2.25. The summed E-state index contributed by atoms with van der Waals surface area (Å²) in [6, 6.07) is 9.58. The maximum atomic E-state index is 12.6. The molecule has 1 fully saturated rings. The van der Waals surface area contributed by atoms with Crippen LogP contribution >= 0.6 is 0 Å². The van der Waals surface area contributed by atoms with E-state index in [-0.39, 0.29) is 10.9 Å². The Balaban J connectivity index is 1.86. The molecule has 118 valence electrons. The zero-order valence-corrected chi connectivity index (χ0v) is 13.5. The van der Waals surface area contributed by atoms with Crippen LogP contribution in [0.15, 0.2) is 41.4 Å². The summed E-state index contributed by atoms with van der Waals surface area (Å²) in [5.41, 5.74) is 1.37. The quantitative estimate of drug-likeness (QED) is 0.942. The van der Waals surface area contributed by atoms with E-state index in [2.05, 4.69) is 9.82 Å². The van der Waals surface area contributed by atoms with Crippen LogP contribution in [0.1, 0.15) is 37.8 Å². The van der Waals surface area contributed by atoms with E-state index in [1.807, 2.05) is 30.3 Å². The van der Waals surface area contributed by atoms with E-state index in [1.54, 1.807) is 17.8 Å². The van der Waals surface area contributed by atoms with Crippen molar-refractivity contribution in [2.24, 2.45) is 0 Å². The van der Waals surface area contributed by atoms with Gasteiger partial charge in [0.1, 0.15) is 4.90 Å². The maximum absolute atomic E-state index is 12.6. The number of hydrogen-bond acceptors (Lipinski definition) is 3. The van der Waals surface area contributed by atoms with Gasteiger partial charge in [-0.05, 0) is 31.9 Å². The first-order valence-corrected chi connectivity index (χ1v) is 9.18. The molecule has 0 bridgehead atoms. The minimum atomic E-state index is -3.51. The van der Waals surface area contributed by atoms with Crippen LogP contribution in [0.3, 0.4) is 0 Å². The van der Waals surface area contributed by atoms with Crippen LogP contribution in [0.4, 0.5) is 0 Å². The topological polar surface area (TPSA) is 64.0 Å². The largest absolute Gasteiger partial charge is 0.244 e. The summed E-state index contributed by atoms with van der Waals surface area (Å²) in [7, 11) is -3.51. The SMILES string of the molecule is Cc1nn(-c2ccccc2)cc1S(=O)(=O)NC1CCCCC1. The molecule has 0 amide bonds. The molecular weight excluding hydrogens is 298 g/mol. The second kappa shape index (κ2) is 6.22. The van der Waals surface area contributed by atoms with Crippen molar-refractivity contribution in [3.05, 3.63) is 42.2 Å². The first-order chi connectivity index (χ1) is 10.6. The van der Waals surface area contributed by atoms with Crippen molar-refractivity contribution in [1.82, 2.24) is 14.5 Å². The van der Waals surface area contributed by atoms with Crippen molar-refractivity contribution in [3.63, 3.8) is 0 Å². The predicted molar refractivity (Wildman–Crippen MR) is 85.5 cm³/mol. The number of rotatable bonds is 4. The van der Waals surface area contributed by atoms with Crippen molar-refractivity contribution in [2.45, 2.75) is 50.0 Å². The number of nitrogens with one attached hydrogen (secondary N) is 1. The van der Waals surface area contributed by atoms with Gasteiger partial charge in [-0.2, -0.15) is 5.10 Å². The number of para-hydroxylation sites is 1. The van der Waals surface area contributed by atoms with E-state index in [1.165, 1.54) is 6.42 Å². The van der Waals surface area contributed by atoms with Crippen molar-refractivity contribution in [3.8, 4) is 5.69 Å². The molecule has 2 aromatic rings. The summed E-state index contributed by atoms with van der Waals surface area (Å²) in [6.07, 6.45) is 6.82. The molecule has 1 aromatic heterocycles. The summed E-state index contributed by atoms with van der Waals surface area (Å²) in [6.45, 7) is 1.73. The van der Waals surface area contributed by atoms with Gasteiger partial charge >= 0.3 is 0 Å². The average molecular weight is 319 g/mol. The molecule has 3 rings (SSSR count). The van der Waals surface area contributed by atoms with Crippen LogP contribution < -0.4 is 4.72 Å². The summed E-state index contributed by atoms with van der Waals surface area (Å²) in [5, 5.41) is 4.34. The summed E-state index contributed by atoms with van der Waals surface area (Å²) >= 11 is 0. The molecule has 0 aliphatic heterocycles. The highest BCUT2D eigenvalue weighted by Crippen LogP contribution is 2.21. The van der Waals surface area contributed by atoms with Gasteiger partial charge in [0.15, 0.2) is 0 Å². The van der Waals surface area contributed by atoms with Gasteiger partial charge in [-0.15, -0.1) is 0 Å². The number of aromatic nitrogens is 2. The third-order valence-corrected chi connectivity index (χ3v) is 5.71. The first-order valence-electron chi connectivity index (χ1n) is 7.70. The molecule has 1 heterocycles. The molecule has 6 heteroatoms. The van der Waals surface area contributed by atoms with Crippen molar-refractivity contribution in [1.29, 1.82) is 0 Å². The number of nitrogens with zero attached hydrogens (tertiary/aromatic N) is 2. The van der Waals surface area contributed by atoms with Crippen LogP contribution in [-0.2, 0) is 10.0 Å². The monoisotopic (exact) mass is 319 g/mol. The normalized spacial score (nSPS) is 16.8. The number of hydrogen-bond donors (Lipinski definition) is 1. The Kier molecular flexibility index (Phi) is 4.31. The lowest BCUT2D eigenvalue weighted by Crippen LogP contribution is -2.36. The Hall–Kier alpha value is -1.66. The smallest absolute Gasteiger partial charge is 0.239 e. The minimum Gasteiger partial charge on any atom is -0.239 e. The number of benzene rings is 1. The van der Waals surface area contributed by atoms with Crippen molar-refractivity contribution in [2.75, 3.05) is 0 Å². The Morgan fingerprint density at radius 3 is 2.50 bits per heavy atom. The molecule has 0 unspecified atom stereocenters. The van der Waals surface area contributed by atoms with Crippen LogP contribution in [-0.4, -0.2) is 24.2 Å². The van der Waals surface area contributed by atoms with E-state index in [4.69, 9.17) is 0 Å². The fourth-order valence-electron chi connectivity index (χ4n) is 2.92. The fraction of sp³-hybridized carbons (Fsp3) is 0.438. The second-order valence-corrected chi connectivity index (χ2v) is 7.50. The van der Waals surface area contributed by atoms with E-state index < -0.39 is 10.0 Å². The van der Waals surface area contributed by atoms with Crippen LogP contribution in [0.2, 0.25) is 0 Å². The van der Waals surface area contributed by atoms with Gasteiger partial charge < -0.3 is 0 Å². The molecule has 1 N–H and O–H groups in total. The lowest BCUT2D eigenvalue weighted by Gasteiger charge is -2.22. The van der Waals surface area contributed by atoms with Gasteiger partial charge in [0.25, 0.3) is 0 Å². The molecular formula is C16H21N3O2S. The van der Waals surface area contributed by atoms with Gasteiger partial charge in [0, 0.05) is 6.04 Å². The molecule has 1 aromatic carbocycles. The van der Waals surface area contributed by atoms with E-state index in [0.29, 0.717) is 5.69 Å². The highest BCUT2D eigenvalue weighted by atomic mass is 32.2. The Labute approximate surface area is 131 Å². The third kappa shape index (κ3) is 3.23. The van der Waals surface area contributed by atoms with Crippen LogP contribution in [0.25, 0.3) is 5.69 Å². The lowest BCUT2D eigenvalue weighted by molar-refractivity contribution is 0.412. The van der Waals surface area contributed by atoms with Gasteiger partial charge in [-0.3, -0.25) is 0 Å². The van der Waals surface area contributed by atoms with Gasteiger partial charge in [-0.1, -0.05) is 37.5 Å². The van der Waals surface area contributed by atoms with Crippen LogP contribution in [0, 0.1) is 6.92 Å². The Morgan fingerprint density at radius 2 is 1.82 bits per heavy atom. The molecule has 1 saturated carbocycles.